The average molecular weight is 444 g/mol. The molecule has 2 N–H and O–H groups in total. The van der Waals surface area contributed by atoms with Crippen molar-refractivity contribution in [1.29, 1.82) is 0 Å². The van der Waals surface area contributed by atoms with E-state index in [-0.39, 0.29) is 17.8 Å². The third kappa shape index (κ3) is 6.71. The van der Waals surface area contributed by atoms with Crippen LogP contribution in [0.2, 0.25) is 0 Å². The van der Waals surface area contributed by atoms with Gasteiger partial charge in [-0.25, -0.2) is 4.98 Å². The lowest BCUT2D eigenvalue weighted by Crippen LogP contribution is -2.39. The highest BCUT2D eigenvalue weighted by Gasteiger charge is 2.19. The van der Waals surface area contributed by atoms with Gasteiger partial charge in [0.05, 0.1) is 30.2 Å². The van der Waals surface area contributed by atoms with E-state index in [1.165, 1.54) is 11.3 Å². The highest BCUT2D eigenvalue weighted by atomic mass is 32.1. The van der Waals surface area contributed by atoms with Gasteiger partial charge in [-0.3, -0.25) is 9.69 Å². The van der Waals surface area contributed by atoms with Gasteiger partial charge < -0.3 is 14.8 Å². The van der Waals surface area contributed by atoms with E-state index in [9.17, 15) is 9.90 Å². The van der Waals surface area contributed by atoms with Crippen LogP contribution in [0.5, 0.6) is 0 Å². The molecule has 0 aliphatic rings. The molecule has 1 atom stereocenters. The normalized spacial score (nSPS) is 13.4. The third-order valence-corrected chi connectivity index (χ3v) is 5.62. The van der Waals surface area contributed by atoms with E-state index in [1.807, 2.05) is 56.5 Å². The Kier molecular flexibility index (Phi) is 7.64. The lowest BCUT2D eigenvalue weighted by Gasteiger charge is -2.28. The van der Waals surface area contributed by atoms with Crippen LogP contribution in [0.1, 0.15) is 40.4 Å². The van der Waals surface area contributed by atoms with Crippen LogP contribution in [0, 0.1) is 5.92 Å². The molecule has 31 heavy (non-hydrogen) atoms. The molecule has 0 spiro atoms. The van der Waals surface area contributed by atoms with Crippen molar-refractivity contribution in [3.05, 3.63) is 51.9 Å². The first-order chi connectivity index (χ1) is 14.6. The van der Waals surface area contributed by atoms with Crippen molar-refractivity contribution >= 4 is 21.6 Å². The van der Waals surface area contributed by atoms with Gasteiger partial charge in [0, 0.05) is 24.0 Å². The molecule has 7 heteroatoms. The number of thiophene rings is 1. The summed E-state index contributed by atoms with van der Waals surface area (Å²) in [6, 6.07) is 9.89. The monoisotopic (exact) mass is 443 g/mol. The van der Waals surface area contributed by atoms with Crippen molar-refractivity contribution in [1.82, 2.24) is 14.9 Å². The highest BCUT2D eigenvalue weighted by molar-refractivity contribution is 7.17. The van der Waals surface area contributed by atoms with Gasteiger partial charge in [0.2, 0.25) is 0 Å². The summed E-state index contributed by atoms with van der Waals surface area (Å²) in [4.78, 5) is 23.5. The van der Waals surface area contributed by atoms with E-state index in [0.717, 1.165) is 22.5 Å². The fourth-order valence-corrected chi connectivity index (χ4v) is 4.49. The van der Waals surface area contributed by atoms with Crippen LogP contribution in [-0.4, -0.2) is 51.4 Å². The largest absolute Gasteiger partial charge is 0.389 e. The molecule has 0 aliphatic heterocycles. The van der Waals surface area contributed by atoms with Gasteiger partial charge in [0.15, 0.2) is 0 Å². The van der Waals surface area contributed by atoms with Crippen LogP contribution in [0.4, 0.5) is 0 Å². The van der Waals surface area contributed by atoms with Crippen LogP contribution in [0.3, 0.4) is 0 Å². The summed E-state index contributed by atoms with van der Waals surface area (Å²) >= 11 is 1.48. The number of fused-ring (bicyclic) bond motifs is 1. The second-order valence-electron chi connectivity index (χ2n) is 9.37. The summed E-state index contributed by atoms with van der Waals surface area (Å²) in [6.07, 6.45) is -0.611. The minimum Gasteiger partial charge on any atom is -0.389 e. The number of aliphatic hydroxyl groups excluding tert-OH is 1. The number of H-pyrrole nitrogens is 1. The number of ether oxygens (including phenoxy) is 1. The van der Waals surface area contributed by atoms with E-state index in [4.69, 9.17) is 9.72 Å². The Morgan fingerprint density at radius 1 is 1.19 bits per heavy atom. The maximum absolute atomic E-state index is 12.9. The van der Waals surface area contributed by atoms with Gasteiger partial charge in [-0.05, 0) is 32.3 Å². The number of aromatic amines is 1. The summed E-state index contributed by atoms with van der Waals surface area (Å²) in [5.74, 6) is 1.03. The molecular formula is C24H33N3O3S. The Bertz CT molecular complexity index is 1040. The molecule has 0 bridgehead atoms. The van der Waals surface area contributed by atoms with Gasteiger partial charge in [0.25, 0.3) is 5.56 Å². The molecule has 0 aliphatic carbocycles. The Morgan fingerprint density at radius 2 is 1.90 bits per heavy atom. The van der Waals surface area contributed by atoms with Gasteiger partial charge >= 0.3 is 0 Å². The molecule has 1 aromatic carbocycles. The Labute approximate surface area is 187 Å². The lowest BCUT2D eigenvalue weighted by atomic mass is 10.1. The molecule has 0 saturated carbocycles. The standard InChI is InChI=1S/C24H33N3O3S/c1-16(2)11-27(12-18(28)14-30-24(3,4)5)13-20-25-22(29)21-19(15-31-23(21)26-20)17-9-7-6-8-10-17/h6-10,15-16,18,28H,11-14H2,1-5H3,(H,25,26,29). The molecule has 1 unspecified atom stereocenters. The molecule has 0 saturated heterocycles. The van der Waals surface area contributed by atoms with Crippen LogP contribution in [-0.2, 0) is 11.3 Å². The van der Waals surface area contributed by atoms with Crippen LogP contribution < -0.4 is 5.56 Å². The van der Waals surface area contributed by atoms with Crippen LogP contribution in [0.15, 0.2) is 40.5 Å². The number of aromatic nitrogens is 2. The highest BCUT2D eigenvalue weighted by Crippen LogP contribution is 2.30. The molecule has 0 amide bonds. The molecule has 2 heterocycles. The topological polar surface area (TPSA) is 78.5 Å². The summed E-state index contributed by atoms with van der Waals surface area (Å²) in [5, 5.41) is 13.1. The fraction of sp³-hybridized carbons (Fsp3) is 0.500. The second kappa shape index (κ2) is 10.0. The minimum atomic E-state index is -0.611. The maximum Gasteiger partial charge on any atom is 0.260 e. The van der Waals surface area contributed by atoms with Gasteiger partial charge in [-0.15, -0.1) is 11.3 Å². The fourth-order valence-electron chi connectivity index (χ4n) is 3.53. The van der Waals surface area contributed by atoms with Crippen molar-refractivity contribution in [2.45, 2.75) is 52.9 Å². The summed E-state index contributed by atoms with van der Waals surface area (Å²) in [7, 11) is 0. The van der Waals surface area contributed by atoms with E-state index >= 15 is 0 Å². The maximum atomic E-state index is 12.9. The SMILES string of the molecule is CC(C)CN(Cc1nc2scc(-c3ccccc3)c2c(=O)[nH]1)CC(O)COC(C)(C)C. The molecule has 6 nitrogen and oxygen atoms in total. The number of hydrogen-bond donors (Lipinski definition) is 2. The van der Waals surface area contributed by atoms with Gasteiger partial charge in [-0.1, -0.05) is 44.2 Å². The van der Waals surface area contributed by atoms with Crippen LogP contribution >= 0.6 is 11.3 Å². The lowest BCUT2D eigenvalue weighted by molar-refractivity contribution is -0.0574. The number of rotatable bonds is 9. The van der Waals surface area contributed by atoms with Crippen molar-refractivity contribution in [3.8, 4) is 11.1 Å². The zero-order valence-electron chi connectivity index (χ0n) is 19.0. The zero-order valence-corrected chi connectivity index (χ0v) is 19.8. The molecule has 3 rings (SSSR count). The number of hydrogen-bond acceptors (Lipinski definition) is 6. The molecule has 0 radical (unpaired) electrons. The molecule has 3 aromatic rings. The number of nitrogens with one attached hydrogen (secondary N) is 1. The van der Waals surface area contributed by atoms with Gasteiger partial charge in [0.1, 0.15) is 10.7 Å². The summed E-state index contributed by atoms with van der Waals surface area (Å²) < 4.78 is 5.72. The predicted octanol–water partition coefficient (Wildman–Crippen LogP) is 4.29. The third-order valence-electron chi connectivity index (χ3n) is 4.75. The average Bonchev–Trinajstić information content (AvgIpc) is 3.10. The zero-order chi connectivity index (χ0) is 22.6. The first-order valence-electron chi connectivity index (χ1n) is 10.7. The summed E-state index contributed by atoms with van der Waals surface area (Å²) in [5.41, 5.74) is 1.50. The molecule has 0 fully saturated rings. The smallest absolute Gasteiger partial charge is 0.260 e. The quantitative estimate of drug-likeness (QED) is 0.516. The Hall–Kier alpha value is -2.06. The minimum absolute atomic E-state index is 0.124. The second-order valence-corrected chi connectivity index (χ2v) is 10.2. The number of benzene rings is 1. The van der Waals surface area contributed by atoms with Crippen molar-refractivity contribution in [2.24, 2.45) is 5.92 Å². The van der Waals surface area contributed by atoms with Crippen molar-refractivity contribution in [2.75, 3.05) is 19.7 Å². The van der Waals surface area contributed by atoms with E-state index in [1.54, 1.807) is 0 Å². The molecule has 2 aromatic heterocycles. The van der Waals surface area contributed by atoms with Crippen LogP contribution in [0.25, 0.3) is 21.3 Å². The number of nitrogens with zero attached hydrogens (tertiary/aromatic N) is 2. The first kappa shape index (κ1) is 23.6. The van der Waals surface area contributed by atoms with Gasteiger partial charge in [-0.2, -0.15) is 0 Å². The molecule has 168 valence electrons. The summed E-state index contributed by atoms with van der Waals surface area (Å²) in [6.45, 7) is 12.2. The molecular weight excluding hydrogens is 410 g/mol. The van der Waals surface area contributed by atoms with E-state index < -0.39 is 6.10 Å². The van der Waals surface area contributed by atoms with Crippen molar-refractivity contribution in [3.63, 3.8) is 0 Å². The first-order valence-corrected chi connectivity index (χ1v) is 11.6. The van der Waals surface area contributed by atoms with E-state index in [2.05, 4.69) is 23.7 Å². The Balaban J connectivity index is 1.80. The predicted molar refractivity (Wildman–Crippen MR) is 128 cm³/mol. The number of aliphatic hydroxyl groups is 1. The van der Waals surface area contributed by atoms with E-state index in [0.29, 0.717) is 30.2 Å². The Morgan fingerprint density at radius 3 is 2.55 bits per heavy atom. The van der Waals surface area contributed by atoms with Crippen molar-refractivity contribution < 1.29 is 9.84 Å².